The number of nitrogens with zero attached hydrogens (tertiary/aromatic N) is 2. The van der Waals surface area contributed by atoms with Crippen LogP contribution in [0.2, 0.25) is 0 Å². The number of rotatable bonds is 3. The highest BCUT2D eigenvalue weighted by atomic mass is 19.1. The average molecular weight is 246 g/mol. The van der Waals surface area contributed by atoms with Crippen molar-refractivity contribution in [2.75, 3.05) is 22.9 Å². The quantitative estimate of drug-likeness (QED) is 0.873. The van der Waals surface area contributed by atoms with Gasteiger partial charge in [0.2, 0.25) is 0 Å². The van der Waals surface area contributed by atoms with Crippen LogP contribution in [0.4, 0.5) is 27.4 Å². The lowest BCUT2D eigenvalue weighted by atomic mass is 10.2. The maximum absolute atomic E-state index is 12.9. The molecule has 0 aliphatic heterocycles. The number of pyridine rings is 1. The Morgan fingerprint density at radius 3 is 2.33 bits per heavy atom. The summed E-state index contributed by atoms with van der Waals surface area (Å²) in [5.41, 5.74) is 12.6. The molecule has 0 spiro atoms. The highest BCUT2D eigenvalue weighted by Gasteiger charge is 2.09. The average Bonchev–Trinajstić information content (AvgIpc) is 2.37. The zero-order valence-electron chi connectivity index (χ0n) is 10.1. The van der Waals surface area contributed by atoms with Gasteiger partial charge < -0.3 is 16.4 Å². The molecule has 0 amide bonds. The van der Waals surface area contributed by atoms with Crippen LogP contribution in [0.3, 0.4) is 0 Å². The molecule has 2 aromatic rings. The number of hydrogen-bond acceptors (Lipinski definition) is 4. The fourth-order valence-corrected chi connectivity index (χ4v) is 1.72. The second kappa shape index (κ2) is 4.91. The summed E-state index contributed by atoms with van der Waals surface area (Å²) >= 11 is 0. The van der Waals surface area contributed by atoms with Gasteiger partial charge in [0.05, 0.1) is 5.69 Å². The van der Waals surface area contributed by atoms with E-state index in [1.807, 2.05) is 11.8 Å². The Labute approximate surface area is 105 Å². The first-order valence-corrected chi connectivity index (χ1v) is 5.67. The van der Waals surface area contributed by atoms with Gasteiger partial charge in [-0.25, -0.2) is 9.37 Å². The summed E-state index contributed by atoms with van der Waals surface area (Å²) in [6.45, 7) is 2.68. The molecule has 0 radical (unpaired) electrons. The van der Waals surface area contributed by atoms with Crippen LogP contribution in [0.25, 0.3) is 0 Å². The molecule has 4 nitrogen and oxygen atoms in total. The van der Waals surface area contributed by atoms with Crippen LogP contribution in [-0.2, 0) is 0 Å². The van der Waals surface area contributed by atoms with Gasteiger partial charge in [-0.15, -0.1) is 0 Å². The number of anilines is 4. The van der Waals surface area contributed by atoms with E-state index < -0.39 is 0 Å². The Morgan fingerprint density at radius 1 is 1.11 bits per heavy atom. The van der Waals surface area contributed by atoms with E-state index in [4.69, 9.17) is 11.5 Å². The molecule has 0 atom stereocenters. The number of hydrogen-bond donors (Lipinski definition) is 2. The van der Waals surface area contributed by atoms with Crippen molar-refractivity contribution in [3.05, 3.63) is 42.2 Å². The first kappa shape index (κ1) is 12.2. The molecule has 18 heavy (non-hydrogen) atoms. The molecule has 2 rings (SSSR count). The molecule has 0 fully saturated rings. The van der Waals surface area contributed by atoms with Crippen molar-refractivity contribution in [2.45, 2.75) is 6.92 Å². The molecule has 94 valence electrons. The molecule has 1 aromatic carbocycles. The van der Waals surface area contributed by atoms with Gasteiger partial charge in [0.1, 0.15) is 17.5 Å². The van der Waals surface area contributed by atoms with Crippen molar-refractivity contribution in [3.63, 3.8) is 0 Å². The van der Waals surface area contributed by atoms with Crippen molar-refractivity contribution >= 4 is 23.0 Å². The minimum absolute atomic E-state index is 0.264. The Hall–Kier alpha value is -2.30. The van der Waals surface area contributed by atoms with E-state index in [0.717, 1.165) is 5.69 Å². The molecule has 0 aliphatic rings. The van der Waals surface area contributed by atoms with Gasteiger partial charge in [-0.2, -0.15) is 0 Å². The first-order valence-electron chi connectivity index (χ1n) is 5.67. The first-order chi connectivity index (χ1) is 8.61. The zero-order chi connectivity index (χ0) is 13.1. The van der Waals surface area contributed by atoms with E-state index in [9.17, 15) is 4.39 Å². The number of halogens is 1. The standard InChI is InChI=1S/C13H15FN4/c1-2-18(10-5-3-9(14)4-6-10)12-8-7-11(15)13(16)17-12/h3-8H,2,15H2,1H3,(H2,16,17). The number of aromatic nitrogens is 1. The molecule has 0 unspecified atom stereocenters. The largest absolute Gasteiger partial charge is 0.396 e. The fraction of sp³-hybridized carbons (Fsp3) is 0.154. The number of nitrogens with two attached hydrogens (primary N) is 2. The van der Waals surface area contributed by atoms with E-state index in [1.165, 1.54) is 12.1 Å². The van der Waals surface area contributed by atoms with Gasteiger partial charge in [0, 0.05) is 12.2 Å². The third kappa shape index (κ3) is 2.34. The van der Waals surface area contributed by atoms with Crippen LogP contribution in [-0.4, -0.2) is 11.5 Å². The predicted molar refractivity (Wildman–Crippen MR) is 72.1 cm³/mol. The highest BCUT2D eigenvalue weighted by molar-refractivity contribution is 5.66. The lowest BCUT2D eigenvalue weighted by molar-refractivity contribution is 0.628. The Morgan fingerprint density at radius 2 is 1.78 bits per heavy atom. The minimum atomic E-state index is -0.264. The van der Waals surface area contributed by atoms with Crippen LogP contribution in [0, 0.1) is 5.82 Å². The maximum Gasteiger partial charge on any atom is 0.149 e. The molecule has 0 saturated heterocycles. The van der Waals surface area contributed by atoms with Gasteiger partial charge in [0.25, 0.3) is 0 Å². The van der Waals surface area contributed by atoms with Gasteiger partial charge in [-0.1, -0.05) is 0 Å². The third-order valence-corrected chi connectivity index (χ3v) is 2.67. The predicted octanol–water partition coefficient (Wildman–Crippen LogP) is 2.54. The van der Waals surface area contributed by atoms with E-state index in [1.54, 1.807) is 24.3 Å². The van der Waals surface area contributed by atoms with Crippen molar-refractivity contribution < 1.29 is 4.39 Å². The molecular formula is C13H15FN4. The van der Waals surface area contributed by atoms with E-state index >= 15 is 0 Å². The van der Waals surface area contributed by atoms with Crippen LogP contribution < -0.4 is 16.4 Å². The van der Waals surface area contributed by atoms with Crippen LogP contribution in [0.15, 0.2) is 36.4 Å². The third-order valence-electron chi connectivity index (χ3n) is 2.67. The summed E-state index contributed by atoms with van der Waals surface area (Å²) < 4.78 is 12.9. The second-order valence-electron chi connectivity index (χ2n) is 3.86. The summed E-state index contributed by atoms with van der Waals surface area (Å²) in [6, 6.07) is 9.74. The van der Waals surface area contributed by atoms with Crippen LogP contribution in [0.1, 0.15) is 6.92 Å². The summed E-state index contributed by atoms with van der Waals surface area (Å²) in [4.78, 5) is 6.15. The van der Waals surface area contributed by atoms with Crippen LogP contribution in [0.5, 0.6) is 0 Å². The molecular weight excluding hydrogens is 231 g/mol. The monoisotopic (exact) mass is 246 g/mol. The van der Waals surface area contributed by atoms with Gasteiger partial charge >= 0.3 is 0 Å². The van der Waals surface area contributed by atoms with Crippen molar-refractivity contribution in [1.82, 2.24) is 4.98 Å². The summed E-state index contributed by atoms with van der Waals surface area (Å²) in [6.07, 6.45) is 0. The summed E-state index contributed by atoms with van der Waals surface area (Å²) in [5, 5.41) is 0. The molecule has 1 heterocycles. The maximum atomic E-state index is 12.9. The molecule has 0 bridgehead atoms. The summed E-state index contributed by atoms with van der Waals surface area (Å²) in [5.74, 6) is 0.725. The summed E-state index contributed by atoms with van der Waals surface area (Å²) in [7, 11) is 0. The topological polar surface area (TPSA) is 68.2 Å². The molecule has 4 N–H and O–H groups in total. The lowest BCUT2D eigenvalue weighted by Crippen LogP contribution is -2.18. The van der Waals surface area contributed by atoms with E-state index in [-0.39, 0.29) is 5.82 Å². The number of nitrogen functional groups attached to an aromatic ring is 2. The van der Waals surface area contributed by atoms with Crippen molar-refractivity contribution in [2.24, 2.45) is 0 Å². The van der Waals surface area contributed by atoms with Gasteiger partial charge in [-0.3, -0.25) is 0 Å². The molecule has 5 heteroatoms. The molecule has 1 aromatic heterocycles. The minimum Gasteiger partial charge on any atom is -0.396 e. The lowest BCUT2D eigenvalue weighted by Gasteiger charge is -2.22. The zero-order valence-corrected chi connectivity index (χ0v) is 10.1. The van der Waals surface area contributed by atoms with Crippen molar-refractivity contribution in [3.8, 4) is 0 Å². The smallest absolute Gasteiger partial charge is 0.149 e. The fourth-order valence-electron chi connectivity index (χ4n) is 1.72. The van der Waals surface area contributed by atoms with Crippen LogP contribution >= 0.6 is 0 Å². The Balaban J connectivity index is 2.38. The van der Waals surface area contributed by atoms with E-state index in [2.05, 4.69) is 4.98 Å². The van der Waals surface area contributed by atoms with Gasteiger partial charge in [0.15, 0.2) is 0 Å². The normalized spacial score (nSPS) is 10.3. The number of benzene rings is 1. The highest BCUT2D eigenvalue weighted by Crippen LogP contribution is 2.25. The molecule has 0 aliphatic carbocycles. The van der Waals surface area contributed by atoms with Crippen molar-refractivity contribution in [1.29, 1.82) is 0 Å². The second-order valence-corrected chi connectivity index (χ2v) is 3.86. The Bertz CT molecular complexity index is 539. The van der Waals surface area contributed by atoms with Gasteiger partial charge in [-0.05, 0) is 43.3 Å². The SMILES string of the molecule is CCN(c1ccc(F)cc1)c1ccc(N)c(N)n1. The molecule has 0 saturated carbocycles. The Kier molecular flexibility index (Phi) is 3.32. The van der Waals surface area contributed by atoms with E-state index in [0.29, 0.717) is 23.9 Å².